The van der Waals surface area contributed by atoms with Gasteiger partial charge in [0, 0.05) is 31.2 Å². The molecule has 12 nitrogen and oxygen atoms in total. The second kappa shape index (κ2) is 12.7. The van der Waals surface area contributed by atoms with E-state index in [0.29, 0.717) is 36.6 Å². The highest BCUT2D eigenvalue weighted by atomic mass is 16.5. The molecule has 1 aromatic heterocycles. The van der Waals surface area contributed by atoms with Gasteiger partial charge in [-0.15, -0.1) is 5.10 Å². The zero-order chi connectivity index (χ0) is 27.9. The predicted octanol–water partition coefficient (Wildman–Crippen LogP) is 1.67. The third kappa shape index (κ3) is 7.09. The molecule has 2 N–H and O–H groups in total. The van der Waals surface area contributed by atoms with E-state index in [1.807, 2.05) is 38.2 Å². The van der Waals surface area contributed by atoms with E-state index in [2.05, 4.69) is 32.7 Å². The third-order valence-electron chi connectivity index (χ3n) is 6.75. The number of tetrazole rings is 1. The van der Waals surface area contributed by atoms with Gasteiger partial charge in [0.1, 0.15) is 30.5 Å². The van der Waals surface area contributed by atoms with Crippen molar-refractivity contribution in [1.82, 2.24) is 30.0 Å². The molecule has 0 saturated carbocycles. The van der Waals surface area contributed by atoms with Gasteiger partial charge in [-0.05, 0) is 60.3 Å². The first-order valence-corrected chi connectivity index (χ1v) is 12.8. The summed E-state index contributed by atoms with van der Waals surface area (Å²) in [5.74, 6) is 0.630. The Morgan fingerprint density at radius 1 is 1.28 bits per heavy atom. The molecule has 0 saturated heterocycles. The van der Waals surface area contributed by atoms with Crippen LogP contribution in [0.4, 0.5) is 5.69 Å². The number of aliphatic hydroxyl groups is 1. The molecule has 12 heteroatoms. The molecule has 2 aromatic carbocycles. The fourth-order valence-electron chi connectivity index (χ4n) is 4.53. The predicted molar refractivity (Wildman–Crippen MR) is 143 cm³/mol. The lowest BCUT2D eigenvalue weighted by molar-refractivity contribution is -0.116. The van der Waals surface area contributed by atoms with E-state index in [1.54, 1.807) is 30.2 Å². The normalized spacial score (nSPS) is 18.1. The van der Waals surface area contributed by atoms with Gasteiger partial charge < -0.3 is 24.8 Å². The fraction of sp³-hybridized carbons (Fsp3) is 0.444. The number of carbonyl (C=O) groups excluding carboxylic acids is 2. The minimum Gasteiger partial charge on any atom is -0.497 e. The number of hydrogen-bond acceptors (Lipinski definition) is 9. The van der Waals surface area contributed by atoms with Crippen LogP contribution in [-0.2, 0) is 17.9 Å². The molecule has 4 rings (SSSR count). The van der Waals surface area contributed by atoms with Crippen LogP contribution < -0.4 is 14.8 Å². The second-order valence-electron chi connectivity index (χ2n) is 9.93. The maximum atomic E-state index is 13.6. The van der Waals surface area contributed by atoms with Crippen LogP contribution in [0.15, 0.2) is 48.8 Å². The van der Waals surface area contributed by atoms with Crippen molar-refractivity contribution in [3.63, 3.8) is 0 Å². The minimum absolute atomic E-state index is 0.00918. The molecule has 3 atom stereocenters. The molecule has 2 heterocycles. The molecule has 1 aliphatic heterocycles. The van der Waals surface area contributed by atoms with Crippen molar-refractivity contribution in [2.24, 2.45) is 5.92 Å². The first kappa shape index (κ1) is 28.0. The summed E-state index contributed by atoms with van der Waals surface area (Å²) in [6.45, 7) is 5.38. The Labute approximate surface area is 227 Å². The van der Waals surface area contributed by atoms with Crippen LogP contribution in [0.1, 0.15) is 29.8 Å². The van der Waals surface area contributed by atoms with Crippen molar-refractivity contribution in [2.75, 3.05) is 39.2 Å². The van der Waals surface area contributed by atoms with Gasteiger partial charge in [0.05, 0.1) is 25.3 Å². The topological polar surface area (TPSA) is 135 Å². The summed E-state index contributed by atoms with van der Waals surface area (Å²) in [4.78, 5) is 30.0. The number of carbonyl (C=O) groups is 2. The standard InChI is InChI=1S/C27H35N7O5/c1-18-12-34(19(2)16-35)27(37)23-11-21(29-26(36)15-33-17-28-30-31-33)7-10-24(23)39-25(18)14-32(3)13-20-5-8-22(38-4)9-6-20/h5-11,17-19,25,35H,12-16H2,1-4H3,(H,29,36)/t18-,19+,25-/m0/s1. The zero-order valence-electron chi connectivity index (χ0n) is 22.6. The van der Waals surface area contributed by atoms with E-state index < -0.39 is 0 Å². The molecule has 3 aromatic rings. The quantitative estimate of drug-likeness (QED) is 0.396. The SMILES string of the molecule is COc1ccc(CN(C)C[C@@H]2Oc3ccc(NC(=O)Cn4cnnn4)cc3C(=O)N([C@H](C)CO)C[C@@H]2C)cc1. The van der Waals surface area contributed by atoms with E-state index in [-0.39, 0.29) is 43.0 Å². The van der Waals surface area contributed by atoms with Gasteiger partial charge in [0.15, 0.2) is 0 Å². The maximum Gasteiger partial charge on any atom is 0.258 e. The molecule has 39 heavy (non-hydrogen) atoms. The van der Waals surface area contributed by atoms with E-state index in [9.17, 15) is 14.7 Å². The maximum absolute atomic E-state index is 13.6. The number of likely N-dealkylation sites (N-methyl/N-ethyl adjacent to an activating group) is 1. The number of aliphatic hydroxyl groups excluding tert-OH is 1. The molecule has 2 amide bonds. The first-order valence-electron chi connectivity index (χ1n) is 12.8. The van der Waals surface area contributed by atoms with Crippen LogP contribution in [0.3, 0.4) is 0 Å². The number of rotatable bonds is 10. The van der Waals surface area contributed by atoms with Gasteiger partial charge in [-0.2, -0.15) is 0 Å². The molecule has 0 bridgehead atoms. The van der Waals surface area contributed by atoms with Crippen LogP contribution >= 0.6 is 0 Å². The molecular formula is C27H35N7O5. The summed E-state index contributed by atoms with van der Waals surface area (Å²) < 4.78 is 13.0. The summed E-state index contributed by atoms with van der Waals surface area (Å²) in [6, 6.07) is 12.6. The average molecular weight is 538 g/mol. The second-order valence-corrected chi connectivity index (χ2v) is 9.93. The molecular weight excluding hydrogens is 502 g/mol. The van der Waals surface area contributed by atoms with Crippen molar-refractivity contribution < 1.29 is 24.2 Å². The summed E-state index contributed by atoms with van der Waals surface area (Å²) in [7, 11) is 3.67. The highest BCUT2D eigenvalue weighted by Crippen LogP contribution is 2.31. The van der Waals surface area contributed by atoms with Crippen LogP contribution in [-0.4, -0.2) is 92.9 Å². The number of anilines is 1. The van der Waals surface area contributed by atoms with E-state index in [4.69, 9.17) is 9.47 Å². The smallest absolute Gasteiger partial charge is 0.258 e. The summed E-state index contributed by atoms with van der Waals surface area (Å²) in [6.07, 6.45) is 1.12. The number of aromatic nitrogens is 4. The Hall–Kier alpha value is -4.03. The fourth-order valence-corrected chi connectivity index (χ4v) is 4.53. The summed E-state index contributed by atoms with van der Waals surface area (Å²) in [5, 5.41) is 23.4. The molecule has 1 aliphatic rings. The van der Waals surface area contributed by atoms with Gasteiger partial charge in [0.2, 0.25) is 5.91 Å². The van der Waals surface area contributed by atoms with E-state index in [1.165, 1.54) is 11.0 Å². The van der Waals surface area contributed by atoms with Crippen LogP contribution in [0, 0.1) is 5.92 Å². The van der Waals surface area contributed by atoms with Crippen molar-refractivity contribution in [2.45, 2.75) is 39.1 Å². The highest BCUT2D eigenvalue weighted by Gasteiger charge is 2.33. The van der Waals surface area contributed by atoms with Crippen molar-refractivity contribution in [3.8, 4) is 11.5 Å². The lowest BCUT2D eigenvalue weighted by atomic mass is 9.99. The number of fused-ring (bicyclic) bond motifs is 1. The molecule has 208 valence electrons. The average Bonchev–Trinajstić information content (AvgIpc) is 3.43. The number of ether oxygens (including phenoxy) is 2. The highest BCUT2D eigenvalue weighted by molar-refractivity contribution is 5.99. The molecule has 0 unspecified atom stereocenters. The number of hydrogen-bond donors (Lipinski definition) is 2. The van der Waals surface area contributed by atoms with Gasteiger partial charge >= 0.3 is 0 Å². The number of amides is 2. The number of nitrogens with zero attached hydrogens (tertiary/aromatic N) is 6. The van der Waals surface area contributed by atoms with Crippen molar-refractivity contribution >= 4 is 17.5 Å². The Bertz CT molecular complexity index is 1250. The first-order chi connectivity index (χ1) is 18.8. The molecule has 0 aliphatic carbocycles. The van der Waals surface area contributed by atoms with Crippen LogP contribution in [0.2, 0.25) is 0 Å². The Morgan fingerprint density at radius 3 is 2.72 bits per heavy atom. The van der Waals surface area contributed by atoms with E-state index >= 15 is 0 Å². The van der Waals surface area contributed by atoms with Crippen molar-refractivity contribution in [3.05, 3.63) is 59.9 Å². The largest absolute Gasteiger partial charge is 0.497 e. The third-order valence-corrected chi connectivity index (χ3v) is 6.75. The lowest BCUT2D eigenvalue weighted by Crippen LogP contribution is -2.49. The summed E-state index contributed by atoms with van der Waals surface area (Å²) >= 11 is 0. The van der Waals surface area contributed by atoms with Gasteiger partial charge in [-0.25, -0.2) is 4.68 Å². The summed E-state index contributed by atoms with van der Waals surface area (Å²) in [5.41, 5.74) is 1.91. The van der Waals surface area contributed by atoms with Crippen LogP contribution in [0.5, 0.6) is 11.5 Å². The zero-order valence-corrected chi connectivity index (χ0v) is 22.6. The number of nitrogens with one attached hydrogen (secondary N) is 1. The number of methoxy groups -OCH3 is 1. The van der Waals surface area contributed by atoms with E-state index in [0.717, 1.165) is 11.3 Å². The van der Waals surface area contributed by atoms with Crippen molar-refractivity contribution in [1.29, 1.82) is 0 Å². The van der Waals surface area contributed by atoms with Crippen LogP contribution in [0.25, 0.3) is 0 Å². The Balaban J connectivity index is 1.54. The monoisotopic (exact) mass is 537 g/mol. The lowest BCUT2D eigenvalue weighted by Gasteiger charge is -2.38. The molecule has 0 radical (unpaired) electrons. The van der Waals surface area contributed by atoms with Gasteiger partial charge in [-0.1, -0.05) is 19.1 Å². The van der Waals surface area contributed by atoms with Gasteiger partial charge in [0.25, 0.3) is 5.91 Å². The Kier molecular flexibility index (Phi) is 9.10. The molecule has 0 fully saturated rings. The van der Waals surface area contributed by atoms with Gasteiger partial charge in [-0.3, -0.25) is 14.5 Å². The molecule has 0 spiro atoms. The Morgan fingerprint density at radius 2 is 2.05 bits per heavy atom. The minimum atomic E-state index is -0.387. The number of benzene rings is 2.